The summed E-state index contributed by atoms with van der Waals surface area (Å²) in [6.07, 6.45) is 4.27. The summed E-state index contributed by atoms with van der Waals surface area (Å²) in [6.45, 7) is 11.3. The molecule has 1 atom stereocenters. The number of aromatic nitrogens is 3. The molecule has 1 amide bonds. The summed E-state index contributed by atoms with van der Waals surface area (Å²) in [4.78, 5) is 18.7. The molecule has 1 saturated heterocycles. The number of aliphatic hydroxyl groups is 2. The molecule has 1 unspecified atom stereocenters. The lowest BCUT2D eigenvalue weighted by Gasteiger charge is -2.28. The highest BCUT2D eigenvalue weighted by Crippen LogP contribution is 2.31. The molecule has 0 aliphatic carbocycles. The summed E-state index contributed by atoms with van der Waals surface area (Å²) < 4.78 is 13.5. The molecule has 3 aromatic carbocycles. The zero-order chi connectivity index (χ0) is 38.1. The lowest BCUT2D eigenvalue weighted by molar-refractivity contribution is 0.0904. The Morgan fingerprint density at radius 3 is 2.56 bits per heavy atom. The highest BCUT2D eigenvalue weighted by atomic mass is 16.5. The Morgan fingerprint density at radius 2 is 1.81 bits per heavy atom. The van der Waals surface area contributed by atoms with Crippen LogP contribution in [0.25, 0.3) is 11.0 Å². The first-order valence-corrected chi connectivity index (χ1v) is 19.1. The fourth-order valence-corrected chi connectivity index (χ4v) is 7.06. The van der Waals surface area contributed by atoms with Crippen LogP contribution in [-0.2, 0) is 43.9 Å². The molecule has 5 aromatic rings. The van der Waals surface area contributed by atoms with E-state index in [1.54, 1.807) is 12.1 Å². The Balaban J connectivity index is 1.08. The topological polar surface area (TPSA) is 143 Å². The van der Waals surface area contributed by atoms with E-state index >= 15 is 0 Å². The van der Waals surface area contributed by atoms with Crippen molar-refractivity contribution in [3.05, 3.63) is 118 Å². The molecule has 1 fully saturated rings. The predicted molar refractivity (Wildman–Crippen MR) is 212 cm³/mol. The zero-order valence-corrected chi connectivity index (χ0v) is 31.9. The fourth-order valence-electron chi connectivity index (χ4n) is 7.06. The number of β-amino-alcohol motifs (C(OH)–C–C–N with tert-alkyl or cyclic N) is 1. The zero-order valence-electron chi connectivity index (χ0n) is 31.9. The highest BCUT2D eigenvalue weighted by Gasteiger charge is 2.24. The van der Waals surface area contributed by atoms with Crippen LogP contribution in [0.2, 0.25) is 0 Å². The number of hydrogen-bond acceptors (Lipinski definition) is 9. The van der Waals surface area contributed by atoms with Crippen LogP contribution >= 0.6 is 0 Å². The maximum absolute atomic E-state index is 13.7. The number of benzene rings is 3. The molecular formula is C43H54N6O5. The molecule has 0 radical (unpaired) electrons. The fraction of sp³-hybridized carbons (Fsp3) is 0.419. The molecule has 0 spiro atoms. The molecule has 1 aliphatic rings. The van der Waals surface area contributed by atoms with E-state index in [9.17, 15) is 15.0 Å². The first kappa shape index (κ1) is 38.9. The van der Waals surface area contributed by atoms with E-state index in [0.29, 0.717) is 48.6 Å². The van der Waals surface area contributed by atoms with Gasteiger partial charge >= 0.3 is 0 Å². The number of aryl methyl sites for hydroxylation is 2. The third-order valence-corrected chi connectivity index (χ3v) is 10.1. The minimum atomic E-state index is -0.793. The SMILES string of the molecule is CCc1nc2c(cnn2CC)c(NC2CCOCC2)c1CNC(=O)c1cccc(CC(C)(C)NCC(O)c2ccc(OCc3ccccc3)c(CO)c2)c1. The third-order valence-electron chi connectivity index (χ3n) is 10.1. The average Bonchev–Trinajstić information content (AvgIpc) is 3.62. The molecule has 3 heterocycles. The van der Waals surface area contributed by atoms with Crippen molar-refractivity contribution < 1.29 is 24.5 Å². The highest BCUT2D eigenvalue weighted by molar-refractivity contribution is 5.95. The second-order valence-electron chi connectivity index (χ2n) is 14.6. The van der Waals surface area contributed by atoms with Crippen LogP contribution in [-0.4, -0.2) is 62.2 Å². The molecule has 2 aromatic heterocycles. The molecule has 6 rings (SSSR count). The third kappa shape index (κ3) is 9.64. The van der Waals surface area contributed by atoms with Gasteiger partial charge in [-0.1, -0.05) is 55.5 Å². The number of nitrogens with zero attached hydrogens (tertiary/aromatic N) is 3. The average molecular weight is 735 g/mol. The van der Waals surface area contributed by atoms with Crippen molar-refractivity contribution in [1.82, 2.24) is 25.4 Å². The van der Waals surface area contributed by atoms with Crippen LogP contribution < -0.4 is 20.7 Å². The van der Waals surface area contributed by atoms with Gasteiger partial charge in [0.15, 0.2) is 5.65 Å². The molecule has 11 heteroatoms. The maximum atomic E-state index is 13.7. The van der Waals surface area contributed by atoms with Gasteiger partial charge in [-0.25, -0.2) is 9.67 Å². The summed E-state index contributed by atoms with van der Waals surface area (Å²) >= 11 is 0. The lowest BCUT2D eigenvalue weighted by atomic mass is 9.93. The van der Waals surface area contributed by atoms with Gasteiger partial charge < -0.3 is 35.6 Å². The van der Waals surface area contributed by atoms with Gasteiger partial charge in [0.05, 0.1) is 30.0 Å². The molecule has 11 nitrogen and oxygen atoms in total. The van der Waals surface area contributed by atoms with E-state index in [1.165, 1.54) is 0 Å². The van der Waals surface area contributed by atoms with Gasteiger partial charge in [-0.2, -0.15) is 5.10 Å². The minimum Gasteiger partial charge on any atom is -0.489 e. The smallest absolute Gasteiger partial charge is 0.251 e. The number of pyridine rings is 1. The Bertz CT molecular complexity index is 2010. The van der Waals surface area contributed by atoms with Crippen molar-refractivity contribution in [2.24, 2.45) is 0 Å². The number of amides is 1. The van der Waals surface area contributed by atoms with E-state index in [0.717, 1.165) is 78.1 Å². The number of aliphatic hydroxyl groups excluding tert-OH is 2. The lowest BCUT2D eigenvalue weighted by Crippen LogP contribution is -2.43. The number of fused-ring (bicyclic) bond motifs is 1. The molecule has 54 heavy (non-hydrogen) atoms. The molecule has 0 bridgehead atoms. The summed E-state index contributed by atoms with van der Waals surface area (Å²) in [5.41, 5.74) is 7.32. The van der Waals surface area contributed by atoms with Gasteiger partial charge in [0, 0.05) is 66.8 Å². The van der Waals surface area contributed by atoms with Crippen LogP contribution in [0.4, 0.5) is 5.69 Å². The van der Waals surface area contributed by atoms with Crippen LogP contribution in [0.15, 0.2) is 79.0 Å². The van der Waals surface area contributed by atoms with Gasteiger partial charge in [-0.3, -0.25) is 4.79 Å². The van der Waals surface area contributed by atoms with Crippen molar-refractivity contribution in [2.45, 2.75) is 97.4 Å². The Labute approximate surface area is 318 Å². The van der Waals surface area contributed by atoms with Crippen molar-refractivity contribution in [2.75, 3.05) is 25.1 Å². The maximum Gasteiger partial charge on any atom is 0.251 e. The summed E-state index contributed by atoms with van der Waals surface area (Å²) in [7, 11) is 0. The minimum absolute atomic E-state index is 0.155. The quantitative estimate of drug-likeness (QED) is 0.0750. The standard InChI is InChI=1S/C43H54N6O5/c1-5-37-35(40(47-34-17-19-53-20-18-34)36-25-46-49(6-2)41(36)48-37)24-44-42(52)32-14-10-13-30(21-32)23-43(3,4)45-26-38(51)31-15-16-39(33(22-31)27-50)54-28-29-11-8-7-9-12-29/h7-16,21-22,25,34,38,45,50-51H,5-6,17-20,23-24,26-28H2,1-4H3,(H,44,52)(H,47,48). The Morgan fingerprint density at radius 1 is 1.04 bits per heavy atom. The van der Waals surface area contributed by atoms with Crippen molar-refractivity contribution >= 4 is 22.6 Å². The first-order valence-electron chi connectivity index (χ1n) is 19.1. The number of nitrogens with one attached hydrogen (secondary N) is 3. The first-order chi connectivity index (χ1) is 26.2. The van der Waals surface area contributed by atoms with Crippen molar-refractivity contribution in [1.29, 1.82) is 0 Å². The van der Waals surface area contributed by atoms with Crippen LogP contribution in [0.3, 0.4) is 0 Å². The number of rotatable bonds is 17. The van der Waals surface area contributed by atoms with Gasteiger partial charge in [0.25, 0.3) is 5.91 Å². The van der Waals surface area contributed by atoms with Crippen LogP contribution in [0.5, 0.6) is 5.75 Å². The number of anilines is 1. The second kappa shape index (κ2) is 18.0. The summed E-state index contributed by atoms with van der Waals surface area (Å²) in [5, 5.41) is 37.2. The van der Waals surface area contributed by atoms with Gasteiger partial charge in [-0.15, -0.1) is 0 Å². The molecule has 1 aliphatic heterocycles. The normalized spacial score (nSPS) is 14.3. The second-order valence-corrected chi connectivity index (χ2v) is 14.6. The van der Waals surface area contributed by atoms with Gasteiger partial charge in [0.1, 0.15) is 12.4 Å². The summed E-state index contributed by atoms with van der Waals surface area (Å²) in [5.74, 6) is 0.437. The van der Waals surface area contributed by atoms with Crippen LogP contribution in [0, 0.1) is 0 Å². The van der Waals surface area contributed by atoms with E-state index in [4.69, 9.17) is 14.5 Å². The predicted octanol–water partition coefficient (Wildman–Crippen LogP) is 6.25. The van der Waals surface area contributed by atoms with E-state index < -0.39 is 6.10 Å². The Hall–Kier alpha value is -4.81. The van der Waals surface area contributed by atoms with Crippen LogP contribution in [0.1, 0.15) is 90.5 Å². The van der Waals surface area contributed by atoms with Gasteiger partial charge in [-0.05, 0) is 87.4 Å². The van der Waals surface area contributed by atoms with Crippen molar-refractivity contribution in [3.63, 3.8) is 0 Å². The molecule has 0 saturated carbocycles. The largest absolute Gasteiger partial charge is 0.489 e. The molecule has 286 valence electrons. The van der Waals surface area contributed by atoms with E-state index in [2.05, 4.69) is 48.7 Å². The Kier molecular flexibility index (Phi) is 13.0. The number of carbonyl (C=O) groups is 1. The van der Waals surface area contributed by atoms with E-state index in [-0.39, 0.29) is 24.1 Å². The van der Waals surface area contributed by atoms with E-state index in [1.807, 2.05) is 71.5 Å². The van der Waals surface area contributed by atoms with Crippen molar-refractivity contribution in [3.8, 4) is 5.75 Å². The number of ether oxygens (including phenoxy) is 2. The summed E-state index contributed by atoms with van der Waals surface area (Å²) in [6, 6.07) is 23.3. The molecular weight excluding hydrogens is 681 g/mol. The monoisotopic (exact) mass is 734 g/mol. The molecule has 5 N–H and O–H groups in total. The van der Waals surface area contributed by atoms with Gasteiger partial charge in [0.2, 0.25) is 0 Å². The number of carbonyl (C=O) groups excluding carboxylic acids is 1. The number of hydrogen-bond donors (Lipinski definition) is 5.